The number of carbonyl (C=O) groups is 1. The predicted molar refractivity (Wildman–Crippen MR) is 81.8 cm³/mol. The average Bonchev–Trinajstić information content (AvgIpc) is 2.97. The van der Waals surface area contributed by atoms with Crippen LogP contribution < -0.4 is 5.32 Å². The molecule has 1 atom stereocenters. The summed E-state index contributed by atoms with van der Waals surface area (Å²) >= 11 is 1.97. The van der Waals surface area contributed by atoms with Crippen molar-refractivity contribution in [1.82, 2.24) is 4.98 Å². The van der Waals surface area contributed by atoms with E-state index < -0.39 is 5.97 Å². The van der Waals surface area contributed by atoms with E-state index in [1.54, 1.807) is 0 Å². The Morgan fingerprint density at radius 1 is 1.40 bits per heavy atom. The maximum absolute atomic E-state index is 11.4. The molecule has 1 fully saturated rings. The Kier molecular flexibility index (Phi) is 4.15. The van der Waals surface area contributed by atoms with Crippen LogP contribution >= 0.6 is 11.8 Å². The molecule has 108 valence electrons. The molecule has 1 saturated heterocycles. The Hall–Kier alpha value is -1.23. The van der Waals surface area contributed by atoms with Crippen LogP contribution in [0, 0.1) is 0 Å². The van der Waals surface area contributed by atoms with Gasteiger partial charge < -0.3 is 10.4 Å². The van der Waals surface area contributed by atoms with Gasteiger partial charge in [0.15, 0.2) is 0 Å². The van der Waals surface area contributed by atoms with Crippen molar-refractivity contribution in [2.75, 3.05) is 17.6 Å². The minimum absolute atomic E-state index is 0.327. The normalized spacial score (nSPS) is 21.5. The fraction of sp³-hybridized carbons (Fsp3) is 0.600. The van der Waals surface area contributed by atoms with E-state index in [1.807, 2.05) is 17.8 Å². The number of pyridine rings is 1. The fourth-order valence-electron chi connectivity index (χ4n) is 2.95. The Bertz CT molecular complexity index is 513. The molecule has 0 spiro atoms. The van der Waals surface area contributed by atoms with Crippen LogP contribution in [0.15, 0.2) is 6.07 Å². The van der Waals surface area contributed by atoms with Gasteiger partial charge in [-0.25, -0.2) is 9.78 Å². The number of anilines is 1. The van der Waals surface area contributed by atoms with Gasteiger partial charge in [-0.1, -0.05) is 0 Å². The zero-order valence-corrected chi connectivity index (χ0v) is 12.3. The number of hydrogen-bond donors (Lipinski definition) is 2. The third-order valence-corrected chi connectivity index (χ3v) is 5.45. The highest BCUT2D eigenvalue weighted by molar-refractivity contribution is 8.00. The highest BCUT2D eigenvalue weighted by Crippen LogP contribution is 2.28. The number of aryl methyl sites for hydroxylation is 2. The summed E-state index contributed by atoms with van der Waals surface area (Å²) in [6.07, 6.45) is 6.71. The van der Waals surface area contributed by atoms with Gasteiger partial charge in [-0.3, -0.25) is 0 Å². The summed E-state index contributed by atoms with van der Waals surface area (Å²) in [6, 6.07) is 1.83. The molecule has 0 saturated carbocycles. The number of fused-ring (bicyclic) bond motifs is 1. The van der Waals surface area contributed by atoms with Gasteiger partial charge >= 0.3 is 5.97 Å². The first-order valence-electron chi connectivity index (χ1n) is 7.35. The monoisotopic (exact) mass is 292 g/mol. The van der Waals surface area contributed by atoms with Crippen LogP contribution in [0.3, 0.4) is 0 Å². The molecule has 1 aromatic rings. The molecule has 20 heavy (non-hydrogen) atoms. The molecule has 1 aromatic heterocycles. The van der Waals surface area contributed by atoms with Gasteiger partial charge in [0.25, 0.3) is 0 Å². The summed E-state index contributed by atoms with van der Waals surface area (Å²) in [5, 5.41) is 13.2. The van der Waals surface area contributed by atoms with Crippen LogP contribution in [0.5, 0.6) is 0 Å². The number of nitrogens with one attached hydrogen (secondary N) is 1. The molecule has 0 amide bonds. The van der Waals surface area contributed by atoms with E-state index in [0.29, 0.717) is 16.6 Å². The lowest BCUT2D eigenvalue weighted by Crippen LogP contribution is -2.19. The lowest BCUT2D eigenvalue weighted by molar-refractivity contribution is 0.0697. The third-order valence-electron chi connectivity index (χ3n) is 4.05. The number of aromatic nitrogens is 1. The van der Waals surface area contributed by atoms with Crippen LogP contribution in [0.25, 0.3) is 0 Å². The van der Waals surface area contributed by atoms with E-state index in [1.165, 1.54) is 18.6 Å². The average molecular weight is 292 g/mol. The lowest BCUT2D eigenvalue weighted by Gasteiger charge is -2.19. The van der Waals surface area contributed by atoms with Gasteiger partial charge in [0, 0.05) is 17.5 Å². The molecule has 2 heterocycles. The topological polar surface area (TPSA) is 62.2 Å². The van der Waals surface area contributed by atoms with Crippen LogP contribution in [0.4, 0.5) is 5.82 Å². The zero-order valence-electron chi connectivity index (χ0n) is 11.5. The molecule has 0 bridgehead atoms. The van der Waals surface area contributed by atoms with Gasteiger partial charge in [0.05, 0.1) is 0 Å². The first kappa shape index (κ1) is 13.7. The minimum Gasteiger partial charge on any atom is -0.478 e. The number of carboxylic acids is 1. The Balaban J connectivity index is 1.81. The quantitative estimate of drug-likeness (QED) is 0.893. The Morgan fingerprint density at radius 3 is 3.00 bits per heavy atom. The Labute approximate surface area is 123 Å². The van der Waals surface area contributed by atoms with Crippen LogP contribution in [-0.4, -0.2) is 33.6 Å². The molecule has 0 aromatic carbocycles. The van der Waals surface area contributed by atoms with Gasteiger partial charge in [-0.2, -0.15) is 11.8 Å². The van der Waals surface area contributed by atoms with Crippen LogP contribution in [0.2, 0.25) is 0 Å². The molecule has 1 unspecified atom stereocenters. The number of carboxylic acid groups (broad SMARTS) is 1. The van der Waals surface area contributed by atoms with Crippen molar-refractivity contribution in [3.05, 3.63) is 22.9 Å². The van der Waals surface area contributed by atoms with E-state index in [9.17, 15) is 9.90 Å². The first-order valence-corrected chi connectivity index (χ1v) is 8.40. The molecule has 5 heteroatoms. The van der Waals surface area contributed by atoms with Gasteiger partial charge in [0.1, 0.15) is 11.4 Å². The van der Waals surface area contributed by atoms with Gasteiger partial charge in [0.2, 0.25) is 0 Å². The lowest BCUT2D eigenvalue weighted by atomic mass is 9.94. The summed E-state index contributed by atoms with van der Waals surface area (Å²) in [5.41, 5.74) is 2.53. The number of nitrogens with zero attached hydrogens (tertiary/aromatic N) is 1. The van der Waals surface area contributed by atoms with Crippen LogP contribution in [0.1, 0.15) is 47.3 Å². The van der Waals surface area contributed by atoms with E-state index in [0.717, 1.165) is 43.5 Å². The Morgan fingerprint density at radius 2 is 2.25 bits per heavy atom. The summed E-state index contributed by atoms with van der Waals surface area (Å²) in [7, 11) is 0. The van der Waals surface area contributed by atoms with Crippen molar-refractivity contribution in [2.45, 2.75) is 43.8 Å². The van der Waals surface area contributed by atoms with Crippen molar-refractivity contribution < 1.29 is 9.90 Å². The standard InChI is InChI=1S/C15H20N2O2S/c18-15(19)12-8-10-4-1-2-6-13(10)17-14(12)16-9-11-5-3-7-20-11/h8,11H,1-7,9H2,(H,16,17)(H,18,19). The molecule has 4 nitrogen and oxygen atoms in total. The molecule has 1 aliphatic carbocycles. The van der Waals surface area contributed by atoms with E-state index in [-0.39, 0.29) is 0 Å². The second kappa shape index (κ2) is 6.04. The SMILES string of the molecule is O=C(O)c1cc2c(nc1NCC1CCCS1)CCCC2. The summed E-state index contributed by atoms with van der Waals surface area (Å²) in [6.45, 7) is 0.816. The third kappa shape index (κ3) is 2.92. The fourth-order valence-corrected chi connectivity index (χ4v) is 4.15. The van der Waals surface area contributed by atoms with Crippen molar-refractivity contribution >= 4 is 23.5 Å². The first-order chi connectivity index (χ1) is 9.74. The minimum atomic E-state index is -0.882. The van der Waals surface area contributed by atoms with Crippen molar-refractivity contribution in [1.29, 1.82) is 0 Å². The highest BCUT2D eigenvalue weighted by atomic mass is 32.2. The molecule has 1 aliphatic heterocycles. The largest absolute Gasteiger partial charge is 0.478 e. The number of hydrogen-bond acceptors (Lipinski definition) is 4. The smallest absolute Gasteiger partial charge is 0.339 e. The maximum atomic E-state index is 11.4. The molecule has 0 radical (unpaired) electrons. The summed E-state index contributed by atoms with van der Waals surface area (Å²) < 4.78 is 0. The van der Waals surface area contributed by atoms with Crippen molar-refractivity contribution in [2.24, 2.45) is 0 Å². The predicted octanol–water partition coefficient (Wildman–Crippen LogP) is 2.97. The second-order valence-electron chi connectivity index (χ2n) is 5.52. The van der Waals surface area contributed by atoms with Gasteiger partial charge in [-0.15, -0.1) is 0 Å². The summed E-state index contributed by atoms with van der Waals surface area (Å²) in [4.78, 5) is 16.0. The number of thioether (sulfide) groups is 1. The van der Waals surface area contributed by atoms with Crippen molar-refractivity contribution in [3.8, 4) is 0 Å². The number of rotatable bonds is 4. The highest BCUT2D eigenvalue weighted by Gasteiger charge is 2.20. The zero-order chi connectivity index (χ0) is 13.9. The van der Waals surface area contributed by atoms with E-state index >= 15 is 0 Å². The van der Waals surface area contributed by atoms with E-state index in [2.05, 4.69) is 10.3 Å². The molecule has 3 rings (SSSR count). The molecular weight excluding hydrogens is 272 g/mol. The molecule has 2 aliphatic rings. The number of aromatic carboxylic acids is 1. The van der Waals surface area contributed by atoms with E-state index in [4.69, 9.17) is 0 Å². The molecular formula is C15H20N2O2S. The second-order valence-corrected chi connectivity index (χ2v) is 6.93. The van der Waals surface area contributed by atoms with Gasteiger partial charge in [-0.05, 0) is 55.9 Å². The molecule has 2 N–H and O–H groups in total. The maximum Gasteiger partial charge on any atom is 0.339 e. The summed E-state index contributed by atoms with van der Waals surface area (Å²) in [5.74, 6) is 0.897. The van der Waals surface area contributed by atoms with Crippen LogP contribution in [-0.2, 0) is 12.8 Å². The van der Waals surface area contributed by atoms with Crippen molar-refractivity contribution in [3.63, 3.8) is 0 Å².